The van der Waals surface area contributed by atoms with Crippen LogP contribution in [-0.2, 0) is 9.53 Å². The lowest BCUT2D eigenvalue weighted by atomic mass is 10.1. The van der Waals surface area contributed by atoms with Crippen molar-refractivity contribution < 1.29 is 9.53 Å². The molecular formula is C14H28N2O2. The molecule has 1 amide bonds. The third-order valence-electron chi connectivity index (χ3n) is 3.76. The molecule has 4 heteroatoms. The van der Waals surface area contributed by atoms with Gasteiger partial charge in [0, 0.05) is 12.6 Å². The van der Waals surface area contributed by atoms with E-state index < -0.39 is 0 Å². The normalized spacial score (nSPS) is 21.2. The highest BCUT2D eigenvalue weighted by Crippen LogP contribution is 2.12. The van der Waals surface area contributed by atoms with Gasteiger partial charge in [0.15, 0.2) is 0 Å². The molecule has 1 fully saturated rings. The first-order valence-corrected chi connectivity index (χ1v) is 7.30. The van der Waals surface area contributed by atoms with Crippen LogP contribution in [0, 0.1) is 5.92 Å². The van der Waals surface area contributed by atoms with Crippen molar-refractivity contribution in [2.75, 3.05) is 19.7 Å². The van der Waals surface area contributed by atoms with Crippen LogP contribution in [0.2, 0.25) is 0 Å². The van der Waals surface area contributed by atoms with Crippen LogP contribution in [0.4, 0.5) is 0 Å². The molecule has 0 aromatic heterocycles. The Hall–Kier alpha value is -0.610. The molecule has 1 aliphatic heterocycles. The Morgan fingerprint density at radius 3 is 2.72 bits per heavy atom. The van der Waals surface area contributed by atoms with Crippen LogP contribution < -0.4 is 10.6 Å². The van der Waals surface area contributed by atoms with E-state index in [1.165, 1.54) is 6.42 Å². The molecule has 1 saturated heterocycles. The van der Waals surface area contributed by atoms with Gasteiger partial charge in [-0.1, -0.05) is 13.8 Å². The van der Waals surface area contributed by atoms with Crippen molar-refractivity contribution in [2.45, 2.75) is 58.6 Å². The first kappa shape index (κ1) is 15.4. The molecule has 0 bridgehead atoms. The summed E-state index contributed by atoms with van der Waals surface area (Å²) in [5, 5.41) is 6.36. The summed E-state index contributed by atoms with van der Waals surface area (Å²) in [5.41, 5.74) is 0. The zero-order chi connectivity index (χ0) is 13.4. The highest BCUT2D eigenvalue weighted by atomic mass is 16.5. The maximum atomic E-state index is 11.8. The fraction of sp³-hybridized carbons (Fsp3) is 0.929. The molecule has 1 heterocycles. The third-order valence-corrected chi connectivity index (χ3v) is 3.76. The van der Waals surface area contributed by atoms with E-state index in [2.05, 4.69) is 24.5 Å². The summed E-state index contributed by atoms with van der Waals surface area (Å²) in [6.07, 6.45) is 3.90. The Morgan fingerprint density at radius 1 is 1.44 bits per heavy atom. The van der Waals surface area contributed by atoms with E-state index in [1.807, 2.05) is 6.92 Å². The number of carbonyl (C=O) groups excluding carboxylic acids is 1. The van der Waals surface area contributed by atoms with Crippen molar-refractivity contribution in [2.24, 2.45) is 5.92 Å². The smallest absolute Gasteiger partial charge is 0.249 e. The van der Waals surface area contributed by atoms with Crippen molar-refractivity contribution >= 4 is 5.91 Å². The SMILES string of the molecule is CCC(CC)NC(=O)C(C)OCCC1CCNC1. The second-order valence-corrected chi connectivity index (χ2v) is 5.18. The van der Waals surface area contributed by atoms with Crippen molar-refractivity contribution in [1.82, 2.24) is 10.6 Å². The number of carbonyl (C=O) groups is 1. The minimum absolute atomic E-state index is 0.0215. The number of hydrogen-bond acceptors (Lipinski definition) is 3. The van der Waals surface area contributed by atoms with Gasteiger partial charge in [-0.05, 0) is 51.6 Å². The molecule has 2 atom stereocenters. The van der Waals surface area contributed by atoms with Crippen LogP contribution in [0.5, 0.6) is 0 Å². The average Bonchev–Trinajstić information content (AvgIpc) is 2.88. The number of hydrogen-bond donors (Lipinski definition) is 2. The predicted octanol–water partition coefficient (Wildman–Crippen LogP) is 1.70. The van der Waals surface area contributed by atoms with Crippen LogP contribution in [-0.4, -0.2) is 37.7 Å². The van der Waals surface area contributed by atoms with E-state index in [-0.39, 0.29) is 18.1 Å². The van der Waals surface area contributed by atoms with Crippen molar-refractivity contribution in [3.05, 3.63) is 0 Å². The fourth-order valence-corrected chi connectivity index (χ4v) is 2.26. The summed E-state index contributed by atoms with van der Waals surface area (Å²) in [6, 6.07) is 0.280. The van der Waals surface area contributed by atoms with Gasteiger partial charge in [-0.3, -0.25) is 4.79 Å². The van der Waals surface area contributed by atoms with Gasteiger partial charge in [-0.25, -0.2) is 0 Å². The van der Waals surface area contributed by atoms with Crippen LogP contribution in [0.1, 0.15) is 46.5 Å². The summed E-state index contributed by atoms with van der Waals surface area (Å²) in [7, 11) is 0. The molecule has 0 aromatic rings. The summed E-state index contributed by atoms with van der Waals surface area (Å²) in [4.78, 5) is 11.8. The van der Waals surface area contributed by atoms with E-state index in [0.29, 0.717) is 6.61 Å². The van der Waals surface area contributed by atoms with Crippen molar-refractivity contribution in [1.29, 1.82) is 0 Å². The standard InChI is InChI=1S/C14H28N2O2/c1-4-13(5-2)16-14(17)11(3)18-9-7-12-6-8-15-10-12/h11-13,15H,4-10H2,1-3H3,(H,16,17). The molecule has 0 aromatic carbocycles. The van der Waals surface area contributed by atoms with Crippen LogP contribution in [0.25, 0.3) is 0 Å². The third kappa shape index (κ3) is 5.36. The Kier molecular flexibility index (Phi) is 7.28. The predicted molar refractivity (Wildman–Crippen MR) is 73.5 cm³/mol. The van der Waals surface area contributed by atoms with Crippen molar-refractivity contribution in [3.8, 4) is 0 Å². The van der Waals surface area contributed by atoms with Crippen LogP contribution >= 0.6 is 0 Å². The molecule has 0 radical (unpaired) electrons. The zero-order valence-electron chi connectivity index (χ0n) is 12.0. The van der Waals surface area contributed by atoms with E-state index >= 15 is 0 Å². The average molecular weight is 256 g/mol. The molecule has 0 spiro atoms. The molecule has 18 heavy (non-hydrogen) atoms. The number of amides is 1. The van der Waals surface area contributed by atoms with Gasteiger partial charge >= 0.3 is 0 Å². The highest BCUT2D eigenvalue weighted by molar-refractivity contribution is 5.80. The fourth-order valence-electron chi connectivity index (χ4n) is 2.26. The molecule has 2 unspecified atom stereocenters. The molecule has 106 valence electrons. The summed E-state index contributed by atoms with van der Waals surface area (Å²) in [5.74, 6) is 0.743. The maximum Gasteiger partial charge on any atom is 0.249 e. The Morgan fingerprint density at radius 2 is 2.17 bits per heavy atom. The van der Waals surface area contributed by atoms with Gasteiger partial charge in [0.05, 0.1) is 0 Å². The van der Waals surface area contributed by atoms with Gasteiger partial charge in [-0.15, -0.1) is 0 Å². The number of nitrogens with one attached hydrogen (secondary N) is 2. The van der Waals surface area contributed by atoms with Gasteiger partial charge in [0.25, 0.3) is 0 Å². The maximum absolute atomic E-state index is 11.8. The second-order valence-electron chi connectivity index (χ2n) is 5.18. The number of rotatable bonds is 8. The lowest BCUT2D eigenvalue weighted by Gasteiger charge is -2.19. The van der Waals surface area contributed by atoms with Gasteiger partial charge in [-0.2, -0.15) is 0 Å². The quantitative estimate of drug-likeness (QED) is 0.695. The zero-order valence-corrected chi connectivity index (χ0v) is 12.0. The van der Waals surface area contributed by atoms with E-state index in [9.17, 15) is 4.79 Å². The molecule has 2 N–H and O–H groups in total. The lowest BCUT2D eigenvalue weighted by molar-refractivity contribution is -0.132. The molecule has 4 nitrogen and oxygen atoms in total. The highest BCUT2D eigenvalue weighted by Gasteiger charge is 2.18. The van der Waals surface area contributed by atoms with Crippen molar-refractivity contribution in [3.63, 3.8) is 0 Å². The van der Waals surface area contributed by atoms with Crippen LogP contribution in [0.3, 0.4) is 0 Å². The molecule has 1 rings (SSSR count). The minimum atomic E-state index is -0.333. The molecule has 0 saturated carbocycles. The van der Waals surface area contributed by atoms with E-state index in [4.69, 9.17) is 4.74 Å². The monoisotopic (exact) mass is 256 g/mol. The Labute approximate surface area is 111 Å². The largest absolute Gasteiger partial charge is 0.369 e. The summed E-state index contributed by atoms with van der Waals surface area (Å²) >= 11 is 0. The molecule has 1 aliphatic rings. The Balaban J connectivity index is 2.14. The van der Waals surface area contributed by atoms with Gasteiger partial charge < -0.3 is 15.4 Å². The van der Waals surface area contributed by atoms with Gasteiger partial charge in [0.2, 0.25) is 5.91 Å². The van der Waals surface area contributed by atoms with E-state index in [1.54, 1.807) is 0 Å². The summed E-state index contributed by atoms with van der Waals surface area (Å²) in [6.45, 7) is 8.92. The second kappa shape index (κ2) is 8.48. The first-order chi connectivity index (χ1) is 8.67. The first-order valence-electron chi connectivity index (χ1n) is 7.30. The number of ether oxygens (including phenoxy) is 1. The topological polar surface area (TPSA) is 50.4 Å². The van der Waals surface area contributed by atoms with E-state index in [0.717, 1.165) is 38.3 Å². The molecular weight excluding hydrogens is 228 g/mol. The minimum Gasteiger partial charge on any atom is -0.369 e. The van der Waals surface area contributed by atoms with Gasteiger partial charge in [0.1, 0.15) is 6.10 Å². The Bertz CT molecular complexity index is 236. The molecule has 0 aliphatic carbocycles. The summed E-state index contributed by atoms with van der Waals surface area (Å²) < 4.78 is 5.62. The lowest BCUT2D eigenvalue weighted by Crippen LogP contribution is -2.41. The van der Waals surface area contributed by atoms with Crippen LogP contribution in [0.15, 0.2) is 0 Å².